The van der Waals surface area contributed by atoms with E-state index in [1.807, 2.05) is 24.0 Å². The highest BCUT2D eigenvalue weighted by Gasteiger charge is 2.16. The summed E-state index contributed by atoms with van der Waals surface area (Å²) in [5.41, 5.74) is 19.4. The summed E-state index contributed by atoms with van der Waals surface area (Å²) in [5.74, 6) is 0. The zero-order chi connectivity index (χ0) is 40.0. The third-order valence-corrected chi connectivity index (χ3v) is 11.8. The molecule has 0 aliphatic carbocycles. The lowest BCUT2D eigenvalue weighted by molar-refractivity contribution is 0.815. The van der Waals surface area contributed by atoms with Gasteiger partial charge in [-0.15, -0.1) is 0 Å². The highest BCUT2D eigenvalue weighted by Crippen LogP contribution is 2.38. The van der Waals surface area contributed by atoms with E-state index in [1.165, 1.54) is 71.6 Å². The molecular formula is C55H41N5. The molecule has 8 aromatic carbocycles. The van der Waals surface area contributed by atoms with Gasteiger partial charge in [-0.2, -0.15) is 0 Å². The van der Waals surface area contributed by atoms with Gasteiger partial charge in [-0.1, -0.05) is 133 Å². The maximum Gasteiger partial charge on any atom is 0.154 e. The number of rotatable bonds is 8. The van der Waals surface area contributed by atoms with Crippen LogP contribution in [0.2, 0.25) is 0 Å². The molecule has 11 aromatic rings. The number of hydrogen-bond acceptors (Lipinski definition) is 2. The Labute approximate surface area is 348 Å². The molecule has 0 spiro atoms. The molecule has 0 unspecified atom stereocenters. The summed E-state index contributed by atoms with van der Waals surface area (Å²) in [6.07, 6.45) is 2.01. The van der Waals surface area contributed by atoms with Gasteiger partial charge in [0.25, 0.3) is 0 Å². The number of hydrogen-bond donors (Lipinski definition) is 1. The fourth-order valence-electron chi connectivity index (χ4n) is 8.90. The van der Waals surface area contributed by atoms with Gasteiger partial charge in [0.05, 0.1) is 28.6 Å². The summed E-state index contributed by atoms with van der Waals surface area (Å²) in [6, 6.07) is 74.2. The second-order valence-corrected chi connectivity index (χ2v) is 15.3. The molecule has 0 aliphatic heterocycles. The van der Waals surface area contributed by atoms with E-state index in [4.69, 9.17) is 4.99 Å². The summed E-state index contributed by atoms with van der Waals surface area (Å²) in [4.78, 5) is 5.18. The molecule has 60 heavy (non-hydrogen) atoms. The van der Waals surface area contributed by atoms with Crippen LogP contribution >= 0.6 is 0 Å². The van der Waals surface area contributed by atoms with E-state index in [1.54, 1.807) is 0 Å². The van der Waals surface area contributed by atoms with E-state index >= 15 is 0 Å². The van der Waals surface area contributed by atoms with Gasteiger partial charge in [-0.3, -0.25) is 4.99 Å². The number of aromatic nitrogens is 3. The van der Waals surface area contributed by atoms with Crippen molar-refractivity contribution in [3.8, 4) is 44.8 Å². The predicted molar refractivity (Wildman–Crippen MR) is 250 cm³/mol. The van der Waals surface area contributed by atoms with E-state index in [0.29, 0.717) is 6.54 Å². The minimum Gasteiger partial charge on any atom is -0.328 e. The van der Waals surface area contributed by atoms with Crippen LogP contribution < -0.4 is 10.9 Å². The molecule has 0 amide bonds. The molecule has 1 N–H and O–H groups in total. The van der Waals surface area contributed by atoms with Crippen LogP contribution in [0.3, 0.4) is 0 Å². The van der Waals surface area contributed by atoms with Crippen molar-refractivity contribution in [2.75, 3.05) is 12.5 Å². The molecule has 5 heteroatoms. The lowest BCUT2D eigenvalue weighted by atomic mass is 10.0. The first-order valence-electron chi connectivity index (χ1n) is 20.5. The number of para-hydroxylation sites is 3. The Hall–Kier alpha value is -7.89. The zero-order valence-corrected chi connectivity index (χ0v) is 33.2. The molecule has 3 heterocycles. The second kappa shape index (κ2) is 14.8. The van der Waals surface area contributed by atoms with Gasteiger partial charge in [-0.25, -0.2) is 4.68 Å². The Balaban J connectivity index is 0.933. The quantitative estimate of drug-likeness (QED) is 0.164. The summed E-state index contributed by atoms with van der Waals surface area (Å²) in [7, 11) is 1.93. The topological polar surface area (TPSA) is 39.2 Å². The average Bonchev–Trinajstić information content (AvgIpc) is 3.84. The highest BCUT2D eigenvalue weighted by molar-refractivity contribution is 6.12. The Morgan fingerprint density at radius 1 is 0.400 bits per heavy atom. The maximum absolute atomic E-state index is 5.18. The average molecular weight is 772 g/mol. The summed E-state index contributed by atoms with van der Waals surface area (Å²) in [5, 5.41) is 4.98. The van der Waals surface area contributed by atoms with E-state index in [9.17, 15) is 0 Å². The zero-order valence-electron chi connectivity index (χ0n) is 33.2. The van der Waals surface area contributed by atoms with Gasteiger partial charge < -0.3 is 14.6 Å². The Morgan fingerprint density at radius 2 is 0.883 bits per heavy atom. The maximum atomic E-state index is 5.18. The SMILES string of the molecule is CNn1cccc(-c2ccc(-c3ccccc3)cc2)c1=NCc1ccc(-n2c3ccccc3c3cc(-c4ccc5c(c4)c4ccccc4n5-c4ccccc4)ccc32)cc1. The first-order valence-corrected chi connectivity index (χ1v) is 20.5. The molecule has 286 valence electrons. The lowest BCUT2D eigenvalue weighted by Crippen LogP contribution is -2.28. The molecule has 0 radical (unpaired) electrons. The molecule has 0 fully saturated rings. The van der Waals surface area contributed by atoms with Crippen molar-refractivity contribution in [2.45, 2.75) is 6.54 Å². The van der Waals surface area contributed by atoms with Gasteiger partial charge in [0.1, 0.15) is 0 Å². The van der Waals surface area contributed by atoms with E-state index in [-0.39, 0.29) is 0 Å². The number of nitrogens with one attached hydrogen (secondary N) is 1. The van der Waals surface area contributed by atoms with Crippen LogP contribution in [0.25, 0.3) is 88.4 Å². The summed E-state index contributed by atoms with van der Waals surface area (Å²) >= 11 is 0. The van der Waals surface area contributed by atoms with Crippen molar-refractivity contribution in [3.63, 3.8) is 0 Å². The third-order valence-electron chi connectivity index (χ3n) is 11.8. The predicted octanol–water partition coefficient (Wildman–Crippen LogP) is 13.0. The van der Waals surface area contributed by atoms with Crippen LogP contribution in [0.15, 0.2) is 217 Å². The Kier molecular flexibility index (Phi) is 8.71. The molecular weight excluding hydrogens is 731 g/mol. The van der Waals surface area contributed by atoms with E-state index in [0.717, 1.165) is 27.9 Å². The van der Waals surface area contributed by atoms with Gasteiger partial charge in [-0.05, 0) is 106 Å². The van der Waals surface area contributed by atoms with Gasteiger partial charge in [0.15, 0.2) is 5.49 Å². The van der Waals surface area contributed by atoms with Gasteiger partial charge >= 0.3 is 0 Å². The first-order chi connectivity index (χ1) is 29.7. The second-order valence-electron chi connectivity index (χ2n) is 15.3. The smallest absolute Gasteiger partial charge is 0.154 e. The van der Waals surface area contributed by atoms with Crippen molar-refractivity contribution >= 4 is 43.6 Å². The van der Waals surface area contributed by atoms with Crippen LogP contribution in [0.1, 0.15) is 5.56 Å². The van der Waals surface area contributed by atoms with Gasteiger partial charge in [0.2, 0.25) is 0 Å². The number of pyridine rings is 1. The fourth-order valence-corrected chi connectivity index (χ4v) is 8.90. The van der Waals surface area contributed by atoms with Crippen molar-refractivity contribution < 1.29 is 0 Å². The van der Waals surface area contributed by atoms with Crippen molar-refractivity contribution in [3.05, 3.63) is 224 Å². The lowest BCUT2D eigenvalue weighted by Gasteiger charge is -2.12. The minimum absolute atomic E-state index is 0.548. The largest absolute Gasteiger partial charge is 0.328 e. The number of nitrogens with zero attached hydrogens (tertiary/aromatic N) is 4. The Bertz CT molecular complexity index is 3410. The van der Waals surface area contributed by atoms with Crippen molar-refractivity contribution in [1.29, 1.82) is 0 Å². The van der Waals surface area contributed by atoms with Gasteiger partial charge in [0, 0.05) is 51.7 Å². The molecule has 0 bridgehead atoms. The molecule has 3 aromatic heterocycles. The fraction of sp³-hybridized carbons (Fsp3) is 0.0364. The molecule has 0 aliphatic rings. The molecule has 0 saturated carbocycles. The third kappa shape index (κ3) is 6.07. The molecule has 0 atom stereocenters. The van der Waals surface area contributed by atoms with E-state index in [2.05, 4.69) is 215 Å². The molecule has 5 nitrogen and oxygen atoms in total. The van der Waals surface area contributed by atoms with Crippen LogP contribution in [0.5, 0.6) is 0 Å². The molecule has 11 rings (SSSR count). The number of fused-ring (bicyclic) bond motifs is 6. The summed E-state index contributed by atoms with van der Waals surface area (Å²) in [6.45, 7) is 0.548. The van der Waals surface area contributed by atoms with E-state index < -0.39 is 0 Å². The highest BCUT2D eigenvalue weighted by atomic mass is 15.4. The normalized spacial score (nSPS) is 11.9. The monoisotopic (exact) mass is 771 g/mol. The standard InChI is InChI=1S/C55H41N5/c1-56-58-34-12-19-46(41-26-24-40(25-27-41)39-13-4-2-5-14-39)55(58)57-37-38-22-30-45(31-23-38)60-52-21-11-9-18-48(52)50-36-43(29-33-54(50)60)42-28-32-53-49(35-42)47-17-8-10-20-51(47)59(53)44-15-6-3-7-16-44/h2-36,56H,37H2,1H3. The van der Waals surface area contributed by atoms with Crippen LogP contribution in [0, 0.1) is 0 Å². The summed E-state index contributed by atoms with van der Waals surface area (Å²) < 4.78 is 6.74. The Morgan fingerprint density at radius 3 is 1.48 bits per heavy atom. The van der Waals surface area contributed by atoms with Crippen molar-refractivity contribution in [1.82, 2.24) is 13.8 Å². The van der Waals surface area contributed by atoms with Crippen LogP contribution in [-0.4, -0.2) is 20.9 Å². The van der Waals surface area contributed by atoms with Crippen molar-refractivity contribution in [2.24, 2.45) is 4.99 Å². The van der Waals surface area contributed by atoms with Crippen LogP contribution in [0.4, 0.5) is 0 Å². The minimum atomic E-state index is 0.548. The molecule has 0 saturated heterocycles. The first kappa shape index (κ1) is 35.3. The van der Waals surface area contributed by atoms with Crippen LogP contribution in [-0.2, 0) is 6.54 Å². The number of benzene rings is 8.